The van der Waals surface area contributed by atoms with Crippen LogP contribution in [0.4, 0.5) is 0 Å². The lowest BCUT2D eigenvalue weighted by Crippen LogP contribution is -2.49. The van der Waals surface area contributed by atoms with Gasteiger partial charge in [-0.05, 0) is 56.5 Å². The highest BCUT2D eigenvalue weighted by Crippen LogP contribution is 2.26. The first-order valence-electron chi connectivity index (χ1n) is 7.55. The molecule has 0 radical (unpaired) electrons. The Morgan fingerprint density at radius 3 is 2.95 bits per heavy atom. The fourth-order valence-electron chi connectivity index (χ4n) is 3.58. The van der Waals surface area contributed by atoms with Gasteiger partial charge >= 0.3 is 0 Å². The molecule has 2 nitrogen and oxygen atoms in total. The molecule has 2 aliphatic heterocycles. The summed E-state index contributed by atoms with van der Waals surface area (Å²) < 4.78 is 0. The second kappa shape index (κ2) is 6.25. The maximum Gasteiger partial charge on any atom is 0.0409 e. The van der Waals surface area contributed by atoms with E-state index in [0.29, 0.717) is 6.04 Å². The third kappa shape index (κ3) is 3.31. The van der Waals surface area contributed by atoms with Crippen molar-refractivity contribution in [2.24, 2.45) is 0 Å². The van der Waals surface area contributed by atoms with E-state index >= 15 is 0 Å². The van der Waals surface area contributed by atoms with Gasteiger partial charge in [-0.25, -0.2) is 0 Å². The maximum absolute atomic E-state index is 6.10. The number of rotatable bonds is 3. The van der Waals surface area contributed by atoms with Crippen molar-refractivity contribution in [3.8, 4) is 0 Å². The van der Waals surface area contributed by atoms with Crippen molar-refractivity contribution in [1.82, 2.24) is 10.2 Å². The molecule has 1 aromatic carbocycles. The SMILES string of the molecule is Clc1cccc(CN2CCCCC2C2CCCN2)c1. The van der Waals surface area contributed by atoms with Crippen LogP contribution >= 0.6 is 11.6 Å². The zero-order valence-electron chi connectivity index (χ0n) is 11.4. The van der Waals surface area contributed by atoms with Crippen molar-refractivity contribution in [3.63, 3.8) is 0 Å². The van der Waals surface area contributed by atoms with Gasteiger partial charge in [-0.15, -0.1) is 0 Å². The summed E-state index contributed by atoms with van der Waals surface area (Å²) in [5.41, 5.74) is 1.34. The number of nitrogens with one attached hydrogen (secondary N) is 1. The van der Waals surface area contributed by atoms with E-state index < -0.39 is 0 Å². The largest absolute Gasteiger partial charge is 0.312 e. The molecule has 2 atom stereocenters. The number of piperidine rings is 1. The van der Waals surface area contributed by atoms with Gasteiger partial charge in [0.05, 0.1) is 0 Å². The number of hydrogen-bond donors (Lipinski definition) is 1. The Bertz CT molecular complexity index is 415. The van der Waals surface area contributed by atoms with Crippen LogP contribution in [0.15, 0.2) is 24.3 Å². The first kappa shape index (κ1) is 13.4. The molecule has 2 saturated heterocycles. The summed E-state index contributed by atoms with van der Waals surface area (Å²) in [6.07, 6.45) is 6.75. The van der Waals surface area contributed by atoms with E-state index in [2.05, 4.69) is 28.4 Å². The van der Waals surface area contributed by atoms with Gasteiger partial charge in [0.15, 0.2) is 0 Å². The molecule has 0 aromatic heterocycles. The smallest absolute Gasteiger partial charge is 0.0409 e. The van der Waals surface area contributed by atoms with Crippen molar-refractivity contribution in [2.75, 3.05) is 13.1 Å². The van der Waals surface area contributed by atoms with Crippen LogP contribution in [0.2, 0.25) is 5.02 Å². The molecular formula is C16H23ClN2. The fraction of sp³-hybridized carbons (Fsp3) is 0.625. The molecule has 0 amide bonds. The molecule has 2 fully saturated rings. The van der Waals surface area contributed by atoms with Crippen LogP contribution in [0, 0.1) is 0 Å². The van der Waals surface area contributed by atoms with E-state index in [1.807, 2.05) is 6.07 Å². The maximum atomic E-state index is 6.10. The summed E-state index contributed by atoms with van der Waals surface area (Å²) in [5, 5.41) is 4.54. The molecule has 19 heavy (non-hydrogen) atoms. The molecular weight excluding hydrogens is 256 g/mol. The monoisotopic (exact) mass is 278 g/mol. The zero-order chi connectivity index (χ0) is 13.1. The molecule has 3 heteroatoms. The van der Waals surface area contributed by atoms with E-state index in [9.17, 15) is 0 Å². The number of benzene rings is 1. The Kier molecular flexibility index (Phi) is 4.42. The molecule has 0 spiro atoms. The van der Waals surface area contributed by atoms with Crippen LogP contribution in [0.3, 0.4) is 0 Å². The Labute approximate surface area is 121 Å². The topological polar surface area (TPSA) is 15.3 Å². The third-order valence-corrected chi connectivity index (χ3v) is 4.74. The molecule has 104 valence electrons. The van der Waals surface area contributed by atoms with Gasteiger partial charge in [-0.1, -0.05) is 30.2 Å². The normalized spacial score (nSPS) is 28.7. The Morgan fingerprint density at radius 2 is 2.16 bits per heavy atom. The Balaban J connectivity index is 1.69. The van der Waals surface area contributed by atoms with Crippen LogP contribution < -0.4 is 5.32 Å². The average Bonchev–Trinajstić information content (AvgIpc) is 2.93. The molecule has 3 rings (SSSR count). The lowest BCUT2D eigenvalue weighted by Gasteiger charge is -2.39. The summed E-state index contributed by atoms with van der Waals surface area (Å²) in [6, 6.07) is 9.74. The van der Waals surface area contributed by atoms with E-state index in [0.717, 1.165) is 17.6 Å². The Morgan fingerprint density at radius 1 is 1.21 bits per heavy atom. The number of halogens is 1. The minimum atomic E-state index is 0.708. The molecule has 2 aliphatic rings. The van der Waals surface area contributed by atoms with Gasteiger partial charge in [0.1, 0.15) is 0 Å². The van der Waals surface area contributed by atoms with E-state index in [4.69, 9.17) is 11.6 Å². The fourth-order valence-corrected chi connectivity index (χ4v) is 3.79. The zero-order valence-corrected chi connectivity index (χ0v) is 12.2. The third-order valence-electron chi connectivity index (χ3n) is 4.50. The summed E-state index contributed by atoms with van der Waals surface area (Å²) >= 11 is 6.10. The highest BCUT2D eigenvalue weighted by Gasteiger charge is 2.31. The predicted octanol–water partition coefficient (Wildman–Crippen LogP) is 3.45. The van der Waals surface area contributed by atoms with Crippen LogP contribution in [0.1, 0.15) is 37.7 Å². The van der Waals surface area contributed by atoms with E-state index in [1.54, 1.807) is 0 Å². The standard InChI is InChI=1S/C16H23ClN2/c17-14-6-3-5-13(11-14)12-19-10-2-1-8-16(19)15-7-4-9-18-15/h3,5-6,11,15-16,18H,1-2,4,7-10,12H2. The van der Waals surface area contributed by atoms with Crippen molar-refractivity contribution in [1.29, 1.82) is 0 Å². The van der Waals surface area contributed by atoms with Crippen molar-refractivity contribution >= 4 is 11.6 Å². The molecule has 2 unspecified atom stereocenters. The highest BCUT2D eigenvalue weighted by molar-refractivity contribution is 6.30. The molecule has 1 N–H and O–H groups in total. The number of likely N-dealkylation sites (tertiary alicyclic amines) is 1. The van der Waals surface area contributed by atoms with Crippen LogP contribution in [0.25, 0.3) is 0 Å². The lowest BCUT2D eigenvalue weighted by atomic mass is 9.94. The van der Waals surface area contributed by atoms with Gasteiger partial charge in [0.25, 0.3) is 0 Å². The quantitative estimate of drug-likeness (QED) is 0.911. The number of hydrogen-bond acceptors (Lipinski definition) is 2. The van der Waals surface area contributed by atoms with Gasteiger partial charge in [0.2, 0.25) is 0 Å². The molecule has 1 aromatic rings. The molecule has 0 saturated carbocycles. The van der Waals surface area contributed by atoms with Gasteiger partial charge in [0, 0.05) is 23.7 Å². The molecule has 0 bridgehead atoms. The lowest BCUT2D eigenvalue weighted by molar-refractivity contribution is 0.112. The van der Waals surface area contributed by atoms with Gasteiger partial charge < -0.3 is 5.32 Å². The second-order valence-corrected chi connectivity index (χ2v) is 6.30. The van der Waals surface area contributed by atoms with Crippen LogP contribution in [-0.2, 0) is 6.54 Å². The molecule has 0 aliphatic carbocycles. The number of nitrogens with zero attached hydrogens (tertiary/aromatic N) is 1. The van der Waals surface area contributed by atoms with Gasteiger partial charge in [-0.3, -0.25) is 4.90 Å². The molecule has 2 heterocycles. The van der Waals surface area contributed by atoms with Crippen LogP contribution in [0.5, 0.6) is 0 Å². The van der Waals surface area contributed by atoms with E-state index in [1.165, 1.54) is 50.8 Å². The van der Waals surface area contributed by atoms with Crippen molar-refractivity contribution in [2.45, 2.75) is 50.7 Å². The second-order valence-electron chi connectivity index (χ2n) is 5.87. The summed E-state index contributed by atoms with van der Waals surface area (Å²) in [7, 11) is 0. The van der Waals surface area contributed by atoms with Crippen molar-refractivity contribution < 1.29 is 0 Å². The summed E-state index contributed by atoms with van der Waals surface area (Å²) in [6.45, 7) is 3.48. The summed E-state index contributed by atoms with van der Waals surface area (Å²) in [5.74, 6) is 0. The van der Waals surface area contributed by atoms with E-state index in [-0.39, 0.29) is 0 Å². The first-order chi connectivity index (χ1) is 9.33. The highest BCUT2D eigenvalue weighted by atomic mass is 35.5. The minimum absolute atomic E-state index is 0.708. The minimum Gasteiger partial charge on any atom is -0.312 e. The average molecular weight is 279 g/mol. The Hall–Kier alpha value is -0.570. The van der Waals surface area contributed by atoms with Crippen LogP contribution in [-0.4, -0.2) is 30.1 Å². The van der Waals surface area contributed by atoms with Crippen molar-refractivity contribution in [3.05, 3.63) is 34.9 Å². The van der Waals surface area contributed by atoms with Gasteiger partial charge in [-0.2, -0.15) is 0 Å². The first-order valence-corrected chi connectivity index (χ1v) is 7.92. The summed E-state index contributed by atoms with van der Waals surface area (Å²) in [4.78, 5) is 2.66. The predicted molar refractivity (Wildman–Crippen MR) is 80.5 cm³/mol.